The van der Waals surface area contributed by atoms with Gasteiger partial charge in [-0.25, -0.2) is 0 Å². The van der Waals surface area contributed by atoms with Gasteiger partial charge in [0.25, 0.3) is 0 Å². The minimum Gasteiger partial charge on any atom is -0.297 e. The highest BCUT2D eigenvalue weighted by Crippen LogP contribution is 2.26. The molecule has 1 saturated heterocycles. The highest BCUT2D eigenvalue weighted by molar-refractivity contribution is 14.1. The van der Waals surface area contributed by atoms with Gasteiger partial charge in [-0.3, -0.25) is 9.69 Å². The topological polar surface area (TPSA) is 20.3 Å². The molecule has 1 aliphatic heterocycles. The van der Waals surface area contributed by atoms with Crippen LogP contribution in [0.3, 0.4) is 0 Å². The van der Waals surface area contributed by atoms with E-state index in [1.54, 1.807) is 0 Å². The first-order chi connectivity index (χ1) is 9.56. The predicted octanol–water partition coefficient (Wildman–Crippen LogP) is 4.06. The Morgan fingerprint density at radius 2 is 1.80 bits per heavy atom. The largest absolute Gasteiger partial charge is 0.297 e. The Morgan fingerprint density at radius 1 is 1.20 bits per heavy atom. The SMILES string of the molecule is CCC(C)(C(=O)Cc1ccc(I)cc1)N1CCCCC1. The van der Waals surface area contributed by atoms with E-state index in [0.717, 1.165) is 25.1 Å². The number of hydrogen-bond donors (Lipinski definition) is 0. The molecule has 1 aromatic carbocycles. The first kappa shape index (κ1) is 16.0. The van der Waals surface area contributed by atoms with Crippen LogP contribution >= 0.6 is 22.6 Å². The summed E-state index contributed by atoms with van der Waals surface area (Å²) in [5, 5.41) is 0. The van der Waals surface area contributed by atoms with Gasteiger partial charge in [0.1, 0.15) is 0 Å². The quantitative estimate of drug-likeness (QED) is 0.713. The zero-order chi connectivity index (χ0) is 14.6. The summed E-state index contributed by atoms with van der Waals surface area (Å²) in [4.78, 5) is 15.2. The molecule has 0 amide bonds. The number of Topliss-reactive ketones (excluding diaryl/α,β-unsaturated/α-hetero) is 1. The molecule has 0 spiro atoms. The molecule has 110 valence electrons. The van der Waals surface area contributed by atoms with Crippen molar-refractivity contribution < 1.29 is 4.79 Å². The monoisotopic (exact) mass is 385 g/mol. The number of nitrogens with zero attached hydrogens (tertiary/aromatic N) is 1. The third-order valence-corrected chi connectivity index (χ3v) is 5.34. The molecule has 0 aromatic heterocycles. The number of carbonyl (C=O) groups excluding carboxylic acids is 1. The van der Waals surface area contributed by atoms with E-state index in [0.29, 0.717) is 12.2 Å². The molecule has 3 heteroatoms. The van der Waals surface area contributed by atoms with Crippen molar-refractivity contribution in [3.8, 4) is 0 Å². The molecule has 20 heavy (non-hydrogen) atoms. The van der Waals surface area contributed by atoms with Crippen LogP contribution in [0.1, 0.15) is 45.1 Å². The highest BCUT2D eigenvalue weighted by atomic mass is 127. The van der Waals surface area contributed by atoms with Crippen molar-refractivity contribution in [2.75, 3.05) is 13.1 Å². The number of hydrogen-bond acceptors (Lipinski definition) is 2. The first-order valence-electron chi connectivity index (χ1n) is 7.59. The summed E-state index contributed by atoms with van der Waals surface area (Å²) in [5.74, 6) is 0.364. The Morgan fingerprint density at radius 3 is 2.35 bits per heavy atom. The normalized spacial score (nSPS) is 19.6. The number of piperidine rings is 1. The van der Waals surface area contributed by atoms with Crippen LogP contribution in [-0.2, 0) is 11.2 Å². The van der Waals surface area contributed by atoms with Crippen molar-refractivity contribution in [2.24, 2.45) is 0 Å². The van der Waals surface area contributed by atoms with Crippen molar-refractivity contribution >= 4 is 28.4 Å². The van der Waals surface area contributed by atoms with Gasteiger partial charge in [0.15, 0.2) is 5.78 Å². The molecule has 0 N–H and O–H groups in total. The van der Waals surface area contributed by atoms with Crippen LogP contribution in [0, 0.1) is 3.57 Å². The standard InChI is InChI=1S/C17H24INO/c1-3-17(2,19-11-5-4-6-12-19)16(20)13-14-7-9-15(18)10-8-14/h7-10H,3-6,11-13H2,1-2H3. The van der Waals surface area contributed by atoms with E-state index < -0.39 is 0 Å². The fourth-order valence-corrected chi connectivity index (χ4v) is 3.32. The minimum atomic E-state index is -0.288. The summed E-state index contributed by atoms with van der Waals surface area (Å²) in [7, 11) is 0. The van der Waals surface area contributed by atoms with Gasteiger partial charge < -0.3 is 0 Å². The number of rotatable bonds is 5. The Hall–Kier alpha value is -0.420. The molecular formula is C17H24INO. The highest BCUT2D eigenvalue weighted by Gasteiger charge is 2.37. The summed E-state index contributed by atoms with van der Waals surface area (Å²) < 4.78 is 1.22. The Kier molecular flexibility index (Phi) is 5.61. The number of benzene rings is 1. The molecule has 1 aromatic rings. The smallest absolute Gasteiger partial charge is 0.157 e. The molecule has 1 fully saturated rings. The van der Waals surface area contributed by atoms with E-state index in [1.807, 2.05) is 0 Å². The lowest BCUT2D eigenvalue weighted by Crippen LogP contribution is -2.54. The van der Waals surface area contributed by atoms with Crippen LogP contribution in [0.4, 0.5) is 0 Å². The lowest BCUT2D eigenvalue weighted by atomic mass is 9.86. The summed E-state index contributed by atoms with van der Waals surface area (Å²) in [6.07, 6.45) is 5.22. The molecule has 0 bridgehead atoms. The third-order valence-electron chi connectivity index (χ3n) is 4.62. The van der Waals surface area contributed by atoms with Gasteiger partial charge in [-0.2, -0.15) is 0 Å². The number of likely N-dealkylation sites (tertiary alicyclic amines) is 1. The van der Waals surface area contributed by atoms with Crippen LogP contribution in [-0.4, -0.2) is 29.3 Å². The average Bonchev–Trinajstić information content (AvgIpc) is 2.49. The predicted molar refractivity (Wildman–Crippen MR) is 92.0 cm³/mol. The average molecular weight is 385 g/mol. The number of carbonyl (C=O) groups is 1. The summed E-state index contributed by atoms with van der Waals surface area (Å²) in [6, 6.07) is 8.30. The lowest BCUT2D eigenvalue weighted by Gasteiger charge is -2.42. The van der Waals surface area contributed by atoms with Crippen LogP contribution in [0.25, 0.3) is 0 Å². The Balaban J connectivity index is 2.09. The second-order valence-corrected chi connectivity index (χ2v) is 7.15. The van der Waals surface area contributed by atoms with Crippen molar-refractivity contribution in [3.05, 3.63) is 33.4 Å². The first-order valence-corrected chi connectivity index (χ1v) is 8.67. The Labute approximate surface area is 136 Å². The maximum atomic E-state index is 12.8. The minimum absolute atomic E-state index is 0.288. The van der Waals surface area contributed by atoms with Gasteiger partial charge in [0, 0.05) is 9.99 Å². The van der Waals surface area contributed by atoms with E-state index in [4.69, 9.17) is 0 Å². The summed E-state index contributed by atoms with van der Waals surface area (Å²) in [5.41, 5.74) is 0.843. The molecule has 1 unspecified atom stereocenters. The van der Waals surface area contributed by atoms with Crippen LogP contribution in [0.2, 0.25) is 0 Å². The van der Waals surface area contributed by atoms with Crippen molar-refractivity contribution in [1.82, 2.24) is 4.90 Å². The fraction of sp³-hybridized carbons (Fsp3) is 0.588. The van der Waals surface area contributed by atoms with E-state index in [1.165, 1.54) is 22.8 Å². The van der Waals surface area contributed by atoms with Crippen LogP contribution in [0.15, 0.2) is 24.3 Å². The zero-order valence-corrected chi connectivity index (χ0v) is 14.7. The van der Waals surface area contributed by atoms with Gasteiger partial charge in [-0.15, -0.1) is 0 Å². The second kappa shape index (κ2) is 7.03. The number of halogens is 1. The van der Waals surface area contributed by atoms with E-state index in [-0.39, 0.29) is 5.54 Å². The zero-order valence-electron chi connectivity index (χ0n) is 12.5. The molecule has 0 aliphatic carbocycles. The summed E-state index contributed by atoms with van der Waals surface area (Å²) in [6.45, 7) is 6.42. The maximum absolute atomic E-state index is 12.8. The molecule has 0 radical (unpaired) electrons. The molecular weight excluding hydrogens is 361 g/mol. The van der Waals surface area contributed by atoms with Crippen molar-refractivity contribution in [2.45, 2.75) is 51.5 Å². The van der Waals surface area contributed by atoms with Gasteiger partial charge in [-0.1, -0.05) is 25.5 Å². The molecule has 1 heterocycles. The lowest BCUT2D eigenvalue weighted by molar-refractivity contribution is -0.130. The van der Waals surface area contributed by atoms with Gasteiger partial charge >= 0.3 is 0 Å². The summed E-state index contributed by atoms with van der Waals surface area (Å²) >= 11 is 2.30. The molecule has 1 atom stereocenters. The van der Waals surface area contributed by atoms with Crippen LogP contribution < -0.4 is 0 Å². The van der Waals surface area contributed by atoms with Crippen molar-refractivity contribution in [1.29, 1.82) is 0 Å². The Bertz CT molecular complexity index is 451. The molecule has 1 aliphatic rings. The third kappa shape index (κ3) is 3.61. The van der Waals surface area contributed by atoms with Gasteiger partial charge in [-0.05, 0) is 79.6 Å². The van der Waals surface area contributed by atoms with Crippen LogP contribution in [0.5, 0.6) is 0 Å². The van der Waals surface area contributed by atoms with Gasteiger partial charge in [0.2, 0.25) is 0 Å². The molecule has 0 saturated carbocycles. The van der Waals surface area contributed by atoms with E-state index in [2.05, 4.69) is 65.6 Å². The number of ketones is 1. The van der Waals surface area contributed by atoms with Crippen molar-refractivity contribution in [3.63, 3.8) is 0 Å². The van der Waals surface area contributed by atoms with E-state index in [9.17, 15) is 4.79 Å². The molecule has 2 rings (SSSR count). The maximum Gasteiger partial charge on any atom is 0.157 e. The van der Waals surface area contributed by atoms with Gasteiger partial charge in [0.05, 0.1) is 5.54 Å². The fourth-order valence-electron chi connectivity index (χ4n) is 2.96. The molecule has 2 nitrogen and oxygen atoms in total. The van der Waals surface area contributed by atoms with E-state index >= 15 is 0 Å². The second-order valence-electron chi connectivity index (χ2n) is 5.90.